The van der Waals surface area contributed by atoms with Crippen LogP contribution in [0.15, 0.2) is 51.5 Å². The van der Waals surface area contributed by atoms with Crippen LogP contribution in [-0.2, 0) is 11.3 Å². The van der Waals surface area contributed by atoms with Crippen LogP contribution in [0.1, 0.15) is 18.7 Å². The number of hydrogen-bond acceptors (Lipinski definition) is 6. The minimum absolute atomic E-state index is 0.118. The van der Waals surface area contributed by atoms with Crippen LogP contribution in [0.2, 0.25) is 0 Å². The van der Waals surface area contributed by atoms with E-state index < -0.39 is 5.82 Å². The number of fused-ring (bicyclic) bond motifs is 1. The minimum atomic E-state index is -0.422. The lowest BCUT2D eigenvalue weighted by molar-refractivity contribution is 0.137. The summed E-state index contributed by atoms with van der Waals surface area (Å²) >= 11 is 0. The van der Waals surface area contributed by atoms with Gasteiger partial charge in [-0.2, -0.15) is 4.98 Å². The second kappa shape index (κ2) is 7.00. The largest absolute Gasteiger partial charge is 0.497 e. The summed E-state index contributed by atoms with van der Waals surface area (Å²) < 4.78 is 27.3. The molecule has 2 aliphatic heterocycles. The number of benzene rings is 1. The summed E-state index contributed by atoms with van der Waals surface area (Å²) in [4.78, 5) is 19.5. The van der Waals surface area contributed by atoms with Gasteiger partial charge in [-0.15, -0.1) is 0 Å². The molecule has 150 valence electrons. The number of rotatable bonds is 5. The molecule has 0 aliphatic carbocycles. The summed E-state index contributed by atoms with van der Waals surface area (Å²) in [7, 11) is 0. The third kappa shape index (κ3) is 3.07. The Kier molecular flexibility index (Phi) is 4.31. The highest BCUT2D eigenvalue weighted by atomic mass is 19.1. The summed E-state index contributed by atoms with van der Waals surface area (Å²) in [5.41, 5.74) is 1.98. The Hall–Kier alpha value is -3.20. The molecule has 8 nitrogen and oxygen atoms in total. The van der Waals surface area contributed by atoms with Crippen LogP contribution in [0.25, 0.3) is 17.0 Å². The number of nitrogens with zero attached hydrogens (tertiary/aromatic N) is 5. The number of imidazole rings is 1. The monoisotopic (exact) mass is 397 g/mol. The van der Waals surface area contributed by atoms with Crippen molar-refractivity contribution in [3.05, 3.63) is 64.4 Å². The SMILES string of the molecule is CCn1c(=O)n(-c2noc(C3CN(CC4=CCOC=C4)C3)n2)c2cc(F)ccc21. The van der Waals surface area contributed by atoms with Gasteiger partial charge in [-0.05, 0) is 41.9 Å². The first-order chi connectivity index (χ1) is 14.1. The van der Waals surface area contributed by atoms with E-state index >= 15 is 0 Å². The smallest absolute Gasteiger partial charge is 0.336 e. The Labute approximate surface area is 165 Å². The van der Waals surface area contributed by atoms with Gasteiger partial charge in [-0.1, -0.05) is 0 Å². The molecule has 29 heavy (non-hydrogen) atoms. The predicted octanol–water partition coefficient (Wildman–Crippen LogP) is 2.20. The van der Waals surface area contributed by atoms with E-state index in [9.17, 15) is 9.18 Å². The first-order valence-electron chi connectivity index (χ1n) is 9.58. The zero-order chi connectivity index (χ0) is 20.0. The van der Waals surface area contributed by atoms with Crippen molar-refractivity contribution >= 4 is 11.0 Å². The van der Waals surface area contributed by atoms with Crippen LogP contribution in [0.3, 0.4) is 0 Å². The second-order valence-corrected chi connectivity index (χ2v) is 7.23. The molecule has 0 atom stereocenters. The van der Waals surface area contributed by atoms with Crippen molar-refractivity contribution in [2.75, 3.05) is 26.2 Å². The Morgan fingerprint density at radius 3 is 2.90 bits per heavy atom. The van der Waals surface area contributed by atoms with Gasteiger partial charge in [0.15, 0.2) is 0 Å². The molecule has 2 aliphatic rings. The molecule has 0 radical (unpaired) electrons. The molecular weight excluding hydrogens is 377 g/mol. The van der Waals surface area contributed by atoms with Crippen LogP contribution < -0.4 is 5.69 Å². The van der Waals surface area contributed by atoms with E-state index in [0.29, 0.717) is 30.1 Å². The number of halogens is 1. The normalized spacial score (nSPS) is 17.4. The molecular formula is C20H20FN5O3. The molecule has 0 N–H and O–H groups in total. The standard InChI is InChI=1S/C20H20FN5O3/c1-2-25-16-4-3-15(21)9-17(16)26(20(25)27)19-22-18(29-23-19)14-11-24(12-14)10-13-5-7-28-8-6-13/h3-7,9,14H,2,8,10-12H2,1H3. The highest BCUT2D eigenvalue weighted by molar-refractivity contribution is 5.77. The van der Waals surface area contributed by atoms with Gasteiger partial charge in [0, 0.05) is 32.2 Å². The lowest BCUT2D eigenvalue weighted by atomic mass is 9.99. The van der Waals surface area contributed by atoms with Crippen molar-refractivity contribution < 1.29 is 13.7 Å². The molecule has 9 heteroatoms. The molecule has 3 aromatic rings. The van der Waals surface area contributed by atoms with Crippen LogP contribution >= 0.6 is 0 Å². The zero-order valence-electron chi connectivity index (χ0n) is 15.9. The van der Waals surface area contributed by atoms with Crippen LogP contribution in [-0.4, -0.2) is 50.4 Å². The molecule has 0 amide bonds. The fourth-order valence-electron chi connectivity index (χ4n) is 3.86. The van der Waals surface area contributed by atoms with Gasteiger partial charge in [-0.3, -0.25) is 9.47 Å². The quantitative estimate of drug-likeness (QED) is 0.657. The maximum atomic E-state index is 13.8. The Morgan fingerprint density at radius 1 is 1.28 bits per heavy atom. The lowest BCUT2D eigenvalue weighted by Crippen LogP contribution is -2.45. The minimum Gasteiger partial charge on any atom is -0.497 e. The molecule has 4 heterocycles. The predicted molar refractivity (Wildman–Crippen MR) is 103 cm³/mol. The Bertz CT molecular complexity index is 1180. The van der Waals surface area contributed by atoms with Crippen molar-refractivity contribution in [2.24, 2.45) is 0 Å². The van der Waals surface area contributed by atoms with Crippen molar-refractivity contribution in [3.8, 4) is 5.95 Å². The molecule has 0 spiro atoms. The Balaban J connectivity index is 1.38. The average molecular weight is 397 g/mol. The van der Waals surface area contributed by atoms with Gasteiger partial charge in [0.05, 0.1) is 23.2 Å². The molecule has 1 aromatic carbocycles. The second-order valence-electron chi connectivity index (χ2n) is 7.23. The topological polar surface area (TPSA) is 78.3 Å². The van der Waals surface area contributed by atoms with E-state index in [4.69, 9.17) is 9.26 Å². The molecule has 0 bridgehead atoms. The highest BCUT2D eigenvalue weighted by Crippen LogP contribution is 2.27. The first-order valence-corrected chi connectivity index (χ1v) is 9.58. The average Bonchev–Trinajstić information content (AvgIpc) is 3.26. The highest BCUT2D eigenvalue weighted by Gasteiger charge is 2.33. The fourth-order valence-corrected chi connectivity index (χ4v) is 3.86. The van der Waals surface area contributed by atoms with Gasteiger partial charge >= 0.3 is 5.69 Å². The number of aryl methyl sites for hydroxylation is 1. The summed E-state index contributed by atoms with van der Waals surface area (Å²) in [5, 5.41) is 4.00. The van der Waals surface area contributed by atoms with E-state index in [1.165, 1.54) is 22.3 Å². The first kappa shape index (κ1) is 17.9. The van der Waals surface area contributed by atoms with Crippen molar-refractivity contribution in [1.82, 2.24) is 24.2 Å². The summed E-state index contributed by atoms with van der Waals surface area (Å²) in [6.07, 6.45) is 5.74. The molecule has 0 unspecified atom stereocenters. The van der Waals surface area contributed by atoms with Crippen molar-refractivity contribution in [1.29, 1.82) is 0 Å². The van der Waals surface area contributed by atoms with E-state index in [1.54, 1.807) is 16.9 Å². The van der Waals surface area contributed by atoms with Gasteiger partial charge < -0.3 is 9.26 Å². The third-order valence-corrected chi connectivity index (χ3v) is 5.37. The van der Waals surface area contributed by atoms with E-state index in [2.05, 4.69) is 21.1 Å². The molecule has 1 fully saturated rings. The molecule has 2 aromatic heterocycles. The summed E-state index contributed by atoms with van der Waals surface area (Å²) in [6.45, 7) is 5.38. The van der Waals surface area contributed by atoms with Crippen molar-refractivity contribution in [2.45, 2.75) is 19.4 Å². The molecule has 1 saturated heterocycles. The zero-order valence-corrected chi connectivity index (χ0v) is 15.9. The number of likely N-dealkylation sites (tertiary alicyclic amines) is 1. The summed E-state index contributed by atoms with van der Waals surface area (Å²) in [5.74, 6) is 0.330. The van der Waals surface area contributed by atoms with Crippen LogP contribution in [0.5, 0.6) is 0 Å². The third-order valence-electron chi connectivity index (χ3n) is 5.37. The van der Waals surface area contributed by atoms with Crippen LogP contribution in [0.4, 0.5) is 4.39 Å². The number of hydrogen-bond donors (Lipinski definition) is 0. The maximum Gasteiger partial charge on any atom is 0.336 e. The molecule has 0 saturated carbocycles. The van der Waals surface area contributed by atoms with Gasteiger partial charge in [-0.25, -0.2) is 13.8 Å². The van der Waals surface area contributed by atoms with Gasteiger partial charge in [0.1, 0.15) is 12.4 Å². The van der Waals surface area contributed by atoms with E-state index in [1.807, 2.05) is 13.0 Å². The van der Waals surface area contributed by atoms with Gasteiger partial charge in [0.2, 0.25) is 5.89 Å². The summed E-state index contributed by atoms with van der Waals surface area (Å²) in [6, 6.07) is 4.25. The maximum absolute atomic E-state index is 13.8. The fraction of sp³-hybridized carbons (Fsp3) is 0.350. The molecule has 5 rings (SSSR count). The van der Waals surface area contributed by atoms with E-state index in [-0.39, 0.29) is 17.6 Å². The lowest BCUT2D eigenvalue weighted by Gasteiger charge is -2.37. The number of ether oxygens (including phenoxy) is 1. The number of aromatic nitrogens is 4. The van der Waals surface area contributed by atoms with Gasteiger partial charge in [0.25, 0.3) is 5.95 Å². The van der Waals surface area contributed by atoms with Crippen LogP contribution in [0, 0.1) is 5.82 Å². The van der Waals surface area contributed by atoms with Crippen molar-refractivity contribution in [3.63, 3.8) is 0 Å². The Morgan fingerprint density at radius 2 is 2.14 bits per heavy atom. The van der Waals surface area contributed by atoms with E-state index in [0.717, 1.165) is 19.6 Å².